The van der Waals surface area contributed by atoms with E-state index in [0.29, 0.717) is 41.8 Å². The normalized spacial score (nSPS) is 16.8. The molecule has 1 atom stereocenters. The zero-order valence-corrected chi connectivity index (χ0v) is 28.4. The van der Waals surface area contributed by atoms with E-state index in [0.717, 1.165) is 18.2 Å². The Morgan fingerprint density at radius 1 is 1.10 bits per heavy atom. The van der Waals surface area contributed by atoms with Gasteiger partial charge >= 0.3 is 6.18 Å². The number of aromatic nitrogens is 7. The van der Waals surface area contributed by atoms with E-state index < -0.39 is 29.0 Å². The number of amides is 2. The Hall–Kier alpha value is -5.38. The number of anilines is 1. The largest absolute Gasteiger partial charge is 0.504 e. The first-order valence-corrected chi connectivity index (χ1v) is 16.5. The van der Waals surface area contributed by atoms with E-state index in [9.17, 15) is 32.7 Å². The van der Waals surface area contributed by atoms with Crippen LogP contribution in [0.1, 0.15) is 70.8 Å². The quantitative estimate of drug-likeness (QED) is 0.253. The number of benzene rings is 1. The highest BCUT2D eigenvalue weighted by Crippen LogP contribution is 2.50. The molecule has 2 N–H and O–H groups in total. The van der Waals surface area contributed by atoms with Gasteiger partial charge in [0.1, 0.15) is 12.9 Å². The van der Waals surface area contributed by atoms with E-state index in [1.54, 1.807) is 41.6 Å². The minimum absolute atomic E-state index is 0.00994. The number of piperidine rings is 1. The van der Waals surface area contributed by atoms with Crippen molar-refractivity contribution >= 4 is 34.9 Å². The number of nitrogens with zero attached hydrogens (tertiary/aromatic N) is 8. The SMILES string of the molecule is Cc1cc(-c2nc3n(CC(=O)Nc4ccc(C(F)(F)F)cc4Cl)c4c(c(=O)n3n2)C2(CCN(C(=O)c3ncnc(C)c3O)CC2)CC4C)ccn1. The van der Waals surface area contributed by atoms with Crippen molar-refractivity contribution in [3.8, 4) is 17.1 Å². The Bertz CT molecular complexity index is 2300. The van der Waals surface area contributed by atoms with Gasteiger partial charge in [-0.15, -0.1) is 5.10 Å². The second-order valence-electron chi connectivity index (χ2n) is 13.1. The van der Waals surface area contributed by atoms with Crippen molar-refractivity contribution in [1.29, 1.82) is 0 Å². The van der Waals surface area contributed by atoms with Gasteiger partial charge in [0.05, 0.1) is 22.0 Å². The molecule has 0 bridgehead atoms. The van der Waals surface area contributed by atoms with Crippen molar-refractivity contribution in [1.82, 2.24) is 39.0 Å². The van der Waals surface area contributed by atoms with Gasteiger partial charge in [-0.05, 0) is 69.4 Å². The highest BCUT2D eigenvalue weighted by molar-refractivity contribution is 6.33. The fourth-order valence-corrected chi connectivity index (χ4v) is 7.55. The van der Waals surface area contributed by atoms with Gasteiger partial charge in [0.15, 0.2) is 17.3 Å². The lowest BCUT2D eigenvalue weighted by Crippen LogP contribution is -2.46. The number of hydrogen-bond acceptors (Lipinski definition) is 9. The Morgan fingerprint density at radius 2 is 1.84 bits per heavy atom. The molecular weight excluding hydrogens is 691 g/mol. The fraction of sp³-hybridized carbons (Fsp3) is 0.353. The lowest BCUT2D eigenvalue weighted by atomic mass is 9.73. The molecular formula is C34H31ClF3N9O4. The van der Waals surface area contributed by atoms with Crippen LogP contribution in [0.2, 0.25) is 5.02 Å². The molecule has 1 aliphatic heterocycles. The number of carbonyl (C=O) groups is 2. The standard InChI is InChI=1S/C34H31ClF3N9O4/c1-17-14-33(7-10-45(11-8-33)31(51)26-28(49)19(3)40-16-41-26)25-27(17)46(15-24(48)42-23-5-4-21(13-22(23)35)34(36,37)38)32-43-29(44-47(32)30(25)50)20-6-9-39-18(2)12-20/h4-6,9,12-13,16-17,49H,7-8,10-11,14-15H2,1-3H3,(H,42,48). The molecule has 1 fully saturated rings. The molecule has 5 heterocycles. The van der Waals surface area contributed by atoms with Crippen LogP contribution >= 0.6 is 11.6 Å². The van der Waals surface area contributed by atoms with Crippen LogP contribution in [0.4, 0.5) is 18.9 Å². The molecule has 2 aliphatic rings. The minimum Gasteiger partial charge on any atom is -0.504 e. The molecule has 2 amide bonds. The van der Waals surface area contributed by atoms with Gasteiger partial charge in [-0.2, -0.15) is 22.7 Å². The molecule has 17 heteroatoms. The first-order chi connectivity index (χ1) is 24.2. The summed E-state index contributed by atoms with van der Waals surface area (Å²) >= 11 is 6.14. The molecule has 0 radical (unpaired) electrons. The lowest BCUT2D eigenvalue weighted by molar-refractivity contribution is -0.137. The molecule has 1 aromatic carbocycles. The van der Waals surface area contributed by atoms with Crippen LogP contribution in [0.3, 0.4) is 0 Å². The van der Waals surface area contributed by atoms with Crippen LogP contribution in [0, 0.1) is 13.8 Å². The number of halogens is 4. The lowest BCUT2D eigenvalue weighted by Gasteiger charge is -2.39. The van der Waals surface area contributed by atoms with Crippen LogP contribution in [0.5, 0.6) is 5.75 Å². The number of pyridine rings is 1. The topological polar surface area (TPSA) is 160 Å². The van der Waals surface area contributed by atoms with Crippen LogP contribution in [-0.4, -0.2) is 69.0 Å². The third-order valence-corrected chi connectivity index (χ3v) is 10.0. The first-order valence-electron chi connectivity index (χ1n) is 16.1. The van der Waals surface area contributed by atoms with E-state index in [1.807, 2.05) is 6.92 Å². The summed E-state index contributed by atoms with van der Waals surface area (Å²) in [4.78, 5) is 59.9. The van der Waals surface area contributed by atoms with Gasteiger partial charge in [-0.25, -0.2) is 9.97 Å². The van der Waals surface area contributed by atoms with Gasteiger partial charge in [-0.3, -0.25) is 19.4 Å². The molecule has 1 aliphatic carbocycles. The summed E-state index contributed by atoms with van der Waals surface area (Å²) < 4.78 is 42.5. The predicted octanol–water partition coefficient (Wildman–Crippen LogP) is 5.06. The van der Waals surface area contributed by atoms with Crippen molar-refractivity contribution in [2.75, 3.05) is 18.4 Å². The number of alkyl halides is 3. The van der Waals surface area contributed by atoms with Crippen molar-refractivity contribution in [2.24, 2.45) is 0 Å². The van der Waals surface area contributed by atoms with Crippen LogP contribution in [0.15, 0.2) is 47.7 Å². The highest BCUT2D eigenvalue weighted by atomic mass is 35.5. The van der Waals surface area contributed by atoms with E-state index in [2.05, 4.69) is 25.4 Å². The van der Waals surface area contributed by atoms with Crippen molar-refractivity contribution in [2.45, 2.75) is 64.1 Å². The number of likely N-dealkylation sites (tertiary alicyclic amines) is 1. The maximum atomic E-state index is 14.5. The molecule has 1 saturated heterocycles. The summed E-state index contributed by atoms with van der Waals surface area (Å²) in [5.41, 5.74) is 0.537. The zero-order valence-electron chi connectivity index (χ0n) is 27.6. The third-order valence-electron chi connectivity index (χ3n) is 9.72. The number of fused-ring (bicyclic) bond motifs is 3. The van der Waals surface area contributed by atoms with Crippen molar-refractivity contribution in [3.05, 3.63) is 92.1 Å². The zero-order chi connectivity index (χ0) is 36.4. The number of aryl methyl sites for hydroxylation is 2. The van der Waals surface area contributed by atoms with E-state index >= 15 is 0 Å². The summed E-state index contributed by atoms with van der Waals surface area (Å²) in [6.07, 6.45) is -0.414. The van der Waals surface area contributed by atoms with Crippen molar-refractivity contribution in [3.63, 3.8) is 0 Å². The van der Waals surface area contributed by atoms with E-state index in [-0.39, 0.29) is 70.6 Å². The van der Waals surface area contributed by atoms with Crippen LogP contribution < -0.4 is 10.9 Å². The molecule has 0 saturated carbocycles. The van der Waals surface area contributed by atoms with E-state index in [1.165, 1.54) is 10.8 Å². The van der Waals surface area contributed by atoms with Gasteiger partial charge < -0.3 is 19.9 Å². The summed E-state index contributed by atoms with van der Waals surface area (Å²) in [6.45, 7) is 5.53. The number of nitrogens with one attached hydrogen (secondary N) is 1. The number of hydrogen-bond donors (Lipinski definition) is 2. The average molecular weight is 722 g/mol. The van der Waals surface area contributed by atoms with Crippen LogP contribution in [-0.2, 0) is 22.9 Å². The molecule has 1 unspecified atom stereocenters. The summed E-state index contributed by atoms with van der Waals surface area (Å²) in [6, 6.07) is 6.13. The number of aromatic hydroxyl groups is 1. The fourth-order valence-electron chi connectivity index (χ4n) is 7.32. The first kappa shape index (κ1) is 34.1. The third kappa shape index (κ3) is 5.96. The second kappa shape index (κ2) is 12.4. The Balaban J connectivity index is 1.28. The molecule has 13 nitrogen and oxygen atoms in total. The molecule has 264 valence electrons. The number of rotatable bonds is 5. The molecule has 1 spiro atoms. The summed E-state index contributed by atoms with van der Waals surface area (Å²) in [7, 11) is 0. The summed E-state index contributed by atoms with van der Waals surface area (Å²) in [5, 5.41) is 17.3. The molecule has 51 heavy (non-hydrogen) atoms. The Labute approximate surface area is 293 Å². The maximum Gasteiger partial charge on any atom is 0.416 e. The monoisotopic (exact) mass is 721 g/mol. The van der Waals surface area contributed by atoms with Gasteiger partial charge in [0.2, 0.25) is 11.7 Å². The van der Waals surface area contributed by atoms with Crippen LogP contribution in [0.25, 0.3) is 17.2 Å². The smallest absolute Gasteiger partial charge is 0.416 e. The second-order valence-corrected chi connectivity index (χ2v) is 13.5. The van der Waals surface area contributed by atoms with Gasteiger partial charge in [-0.1, -0.05) is 18.5 Å². The highest BCUT2D eigenvalue weighted by Gasteiger charge is 2.49. The Kier molecular flexibility index (Phi) is 8.31. The van der Waals surface area contributed by atoms with Gasteiger partial charge in [0.25, 0.3) is 11.5 Å². The predicted molar refractivity (Wildman–Crippen MR) is 179 cm³/mol. The molecule has 4 aromatic heterocycles. The maximum absolute atomic E-state index is 14.5. The minimum atomic E-state index is -4.61. The average Bonchev–Trinajstić information content (AvgIpc) is 3.65. The molecule has 5 aromatic rings. The van der Waals surface area contributed by atoms with Crippen molar-refractivity contribution < 1.29 is 27.9 Å². The van der Waals surface area contributed by atoms with E-state index in [4.69, 9.17) is 16.6 Å². The van der Waals surface area contributed by atoms with Gasteiger partial charge in [0, 0.05) is 47.2 Å². The number of carbonyl (C=O) groups excluding carboxylic acids is 2. The molecule has 7 rings (SSSR count). The Morgan fingerprint density at radius 3 is 2.53 bits per heavy atom. The summed E-state index contributed by atoms with van der Waals surface area (Å²) in [5.74, 6) is -1.21.